The Hall–Kier alpha value is -4.01. The topological polar surface area (TPSA) is 114 Å². The van der Waals surface area contributed by atoms with Gasteiger partial charge in [-0.1, -0.05) is 105 Å². The molecule has 4 rings (SSSR count). The monoisotopic (exact) mass is 614 g/mol. The molecular formula is C37H46N2O6. The van der Waals surface area contributed by atoms with Crippen molar-refractivity contribution in [1.29, 1.82) is 0 Å². The Labute approximate surface area is 266 Å². The lowest BCUT2D eigenvalue weighted by Crippen LogP contribution is -2.56. The smallest absolute Gasteiger partial charge is 0.338 e. The lowest BCUT2D eigenvalue weighted by molar-refractivity contribution is -0.162. The maximum atomic E-state index is 13.9. The number of aliphatic hydroxyl groups excluding tert-OH is 1. The average Bonchev–Trinajstić information content (AvgIpc) is 3.27. The normalized spacial score (nSPS) is 18.0. The van der Waals surface area contributed by atoms with Gasteiger partial charge in [-0.05, 0) is 53.9 Å². The van der Waals surface area contributed by atoms with Crippen molar-refractivity contribution in [3.8, 4) is 11.1 Å². The summed E-state index contributed by atoms with van der Waals surface area (Å²) in [6, 6.07) is 24.3. The quantitative estimate of drug-likeness (QED) is 0.227. The van der Waals surface area contributed by atoms with E-state index in [9.17, 15) is 19.5 Å². The van der Waals surface area contributed by atoms with Gasteiger partial charge in [0, 0.05) is 13.8 Å². The summed E-state index contributed by atoms with van der Waals surface area (Å²) in [5.41, 5.74) is 4.68. The second-order valence-corrected chi connectivity index (χ2v) is 13.4. The van der Waals surface area contributed by atoms with Gasteiger partial charge in [0.05, 0.1) is 18.6 Å². The molecule has 0 radical (unpaired) electrons. The minimum atomic E-state index is -1.16. The second kappa shape index (κ2) is 14.4. The highest BCUT2D eigenvalue weighted by atomic mass is 16.8. The van der Waals surface area contributed by atoms with Crippen molar-refractivity contribution in [2.75, 3.05) is 6.61 Å². The Kier molecular flexibility index (Phi) is 10.8. The third-order valence-electron chi connectivity index (χ3n) is 8.09. The summed E-state index contributed by atoms with van der Waals surface area (Å²) in [6.45, 7) is 10.6. The SMILES string of the molecule is Cc1cccc(-c2ccc(CCC[C@@H](C(=O)N[C@H](C(=O)N[C@H](CO)c3ccccc3)C(C)(C)C)[C@@H]3OC(C)(C)OC3=O)cc2)c1. The summed E-state index contributed by atoms with van der Waals surface area (Å²) in [5.74, 6) is -3.51. The highest BCUT2D eigenvalue weighted by molar-refractivity contribution is 5.92. The Morgan fingerprint density at radius 1 is 0.911 bits per heavy atom. The van der Waals surface area contributed by atoms with Crippen LogP contribution in [0.4, 0.5) is 0 Å². The number of carbonyl (C=O) groups excluding carboxylic acids is 3. The number of nitrogens with one attached hydrogen (secondary N) is 2. The zero-order chi connectivity index (χ0) is 32.8. The molecule has 3 aromatic rings. The van der Waals surface area contributed by atoms with E-state index in [2.05, 4.69) is 60.0 Å². The molecule has 4 atom stereocenters. The van der Waals surface area contributed by atoms with E-state index in [1.54, 1.807) is 13.8 Å². The van der Waals surface area contributed by atoms with Crippen LogP contribution in [0.25, 0.3) is 11.1 Å². The predicted octanol–water partition coefficient (Wildman–Crippen LogP) is 5.66. The van der Waals surface area contributed by atoms with Crippen molar-refractivity contribution in [3.63, 3.8) is 0 Å². The van der Waals surface area contributed by atoms with Gasteiger partial charge in [-0.2, -0.15) is 0 Å². The molecule has 1 heterocycles. The van der Waals surface area contributed by atoms with Crippen LogP contribution in [0.1, 0.15) is 70.2 Å². The molecule has 8 heteroatoms. The first-order valence-electron chi connectivity index (χ1n) is 15.6. The lowest BCUT2D eigenvalue weighted by Gasteiger charge is -2.33. The van der Waals surface area contributed by atoms with Crippen LogP contribution in [-0.4, -0.2) is 47.4 Å². The largest absolute Gasteiger partial charge is 0.432 e. The van der Waals surface area contributed by atoms with Gasteiger partial charge >= 0.3 is 5.97 Å². The van der Waals surface area contributed by atoms with Gasteiger partial charge in [-0.3, -0.25) is 9.59 Å². The van der Waals surface area contributed by atoms with E-state index in [0.29, 0.717) is 19.3 Å². The van der Waals surface area contributed by atoms with Crippen LogP contribution >= 0.6 is 0 Å². The zero-order valence-electron chi connectivity index (χ0n) is 27.1. The molecule has 1 aliphatic rings. The molecule has 0 spiro atoms. The fourth-order valence-electron chi connectivity index (χ4n) is 5.66. The van der Waals surface area contributed by atoms with Crippen LogP contribution in [0.2, 0.25) is 0 Å². The first kappa shape index (κ1) is 33.9. The van der Waals surface area contributed by atoms with Gasteiger partial charge in [0.2, 0.25) is 17.6 Å². The van der Waals surface area contributed by atoms with Gasteiger partial charge in [0.15, 0.2) is 6.10 Å². The average molecular weight is 615 g/mol. The molecule has 0 unspecified atom stereocenters. The van der Waals surface area contributed by atoms with Gasteiger partial charge in [0.25, 0.3) is 0 Å². The first-order valence-corrected chi connectivity index (χ1v) is 15.6. The van der Waals surface area contributed by atoms with Crippen molar-refractivity contribution in [1.82, 2.24) is 10.6 Å². The maximum absolute atomic E-state index is 13.9. The number of aryl methyl sites for hydroxylation is 2. The Morgan fingerprint density at radius 3 is 2.18 bits per heavy atom. The summed E-state index contributed by atoms with van der Waals surface area (Å²) >= 11 is 0. The number of esters is 1. The molecule has 1 fully saturated rings. The summed E-state index contributed by atoms with van der Waals surface area (Å²) in [6.07, 6.45) is 0.564. The number of rotatable bonds is 12. The predicted molar refractivity (Wildman–Crippen MR) is 174 cm³/mol. The summed E-state index contributed by atoms with van der Waals surface area (Å²) in [5, 5.41) is 15.8. The van der Waals surface area contributed by atoms with Gasteiger partial charge in [-0.25, -0.2) is 4.79 Å². The van der Waals surface area contributed by atoms with E-state index < -0.39 is 53.1 Å². The molecular weight excluding hydrogens is 568 g/mol. The molecule has 0 aromatic heterocycles. The molecule has 3 N–H and O–H groups in total. The van der Waals surface area contributed by atoms with Gasteiger partial charge < -0.3 is 25.2 Å². The molecule has 45 heavy (non-hydrogen) atoms. The molecule has 2 amide bonds. The summed E-state index contributed by atoms with van der Waals surface area (Å²) in [4.78, 5) is 40.4. The molecule has 1 aliphatic heterocycles. The third kappa shape index (κ3) is 9.02. The van der Waals surface area contributed by atoms with Crippen LogP contribution in [0.5, 0.6) is 0 Å². The number of hydrogen-bond acceptors (Lipinski definition) is 6. The van der Waals surface area contributed by atoms with E-state index in [0.717, 1.165) is 22.3 Å². The minimum absolute atomic E-state index is 0.300. The molecule has 3 aromatic carbocycles. The number of aliphatic hydroxyl groups is 1. The number of amides is 2. The van der Waals surface area contributed by atoms with Crippen LogP contribution in [-0.2, 0) is 30.3 Å². The molecule has 0 aliphatic carbocycles. The molecule has 8 nitrogen and oxygen atoms in total. The zero-order valence-corrected chi connectivity index (χ0v) is 27.1. The maximum Gasteiger partial charge on any atom is 0.338 e. The van der Waals surface area contributed by atoms with Crippen molar-refractivity contribution < 1.29 is 29.0 Å². The first-order chi connectivity index (χ1) is 21.3. The number of benzene rings is 3. The number of ether oxygens (including phenoxy) is 2. The van der Waals surface area contributed by atoms with Crippen molar-refractivity contribution >= 4 is 17.8 Å². The Balaban J connectivity index is 1.48. The van der Waals surface area contributed by atoms with Crippen LogP contribution in [0, 0.1) is 18.3 Å². The standard InChI is InChI=1S/C37H46N2O6/c1-24-12-10-16-28(22-24)26-20-18-25(19-21-26)13-11-17-29(31-35(43)45-37(5,6)44-31)33(41)39-32(36(2,3)4)34(42)38-30(23-40)27-14-8-7-9-15-27/h7-10,12,14-16,18-22,29-32,40H,11,13,17,23H2,1-6H3,(H,38,42)(H,39,41)/t29-,30-,31+,32-/m1/s1. The fourth-order valence-corrected chi connectivity index (χ4v) is 5.66. The van der Waals surface area contributed by atoms with E-state index in [-0.39, 0.29) is 6.61 Å². The van der Waals surface area contributed by atoms with E-state index in [1.165, 1.54) is 5.56 Å². The van der Waals surface area contributed by atoms with Crippen LogP contribution in [0.3, 0.4) is 0 Å². The van der Waals surface area contributed by atoms with Crippen LogP contribution in [0.15, 0.2) is 78.9 Å². The van der Waals surface area contributed by atoms with Crippen molar-refractivity contribution in [3.05, 3.63) is 95.6 Å². The molecule has 0 bridgehead atoms. The lowest BCUT2D eigenvalue weighted by atomic mass is 9.84. The van der Waals surface area contributed by atoms with Crippen LogP contribution < -0.4 is 10.6 Å². The van der Waals surface area contributed by atoms with Crippen molar-refractivity contribution in [2.45, 2.75) is 84.8 Å². The van der Waals surface area contributed by atoms with E-state index in [1.807, 2.05) is 57.2 Å². The molecule has 240 valence electrons. The van der Waals surface area contributed by atoms with Gasteiger partial charge in [-0.15, -0.1) is 0 Å². The number of cyclic esters (lactones) is 1. The van der Waals surface area contributed by atoms with E-state index >= 15 is 0 Å². The van der Waals surface area contributed by atoms with Crippen molar-refractivity contribution in [2.24, 2.45) is 11.3 Å². The number of hydrogen-bond donors (Lipinski definition) is 3. The molecule has 1 saturated heterocycles. The highest BCUT2D eigenvalue weighted by Gasteiger charge is 2.48. The summed E-state index contributed by atoms with van der Waals surface area (Å²) in [7, 11) is 0. The number of carbonyl (C=O) groups is 3. The van der Waals surface area contributed by atoms with Gasteiger partial charge in [0.1, 0.15) is 6.04 Å². The second-order valence-electron chi connectivity index (χ2n) is 13.4. The molecule has 0 saturated carbocycles. The van der Waals surface area contributed by atoms with E-state index in [4.69, 9.17) is 9.47 Å². The summed E-state index contributed by atoms with van der Waals surface area (Å²) < 4.78 is 11.3. The highest BCUT2D eigenvalue weighted by Crippen LogP contribution is 2.32. The minimum Gasteiger partial charge on any atom is -0.432 e. The third-order valence-corrected chi connectivity index (χ3v) is 8.09. The fraction of sp³-hybridized carbons (Fsp3) is 0.432. The Bertz CT molecular complexity index is 1460. The Morgan fingerprint density at radius 2 is 1.60 bits per heavy atom.